The Hall–Kier alpha value is -2.37. The molecule has 0 fully saturated rings. The molecule has 116 valence electrons. The highest BCUT2D eigenvalue weighted by atomic mass is 16.2. The maximum Gasteiger partial charge on any atom is 0.243 e. The highest BCUT2D eigenvalue weighted by Gasteiger charge is 2.29. The van der Waals surface area contributed by atoms with Crippen LogP contribution in [0.25, 0.3) is 0 Å². The van der Waals surface area contributed by atoms with Crippen LogP contribution in [0.2, 0.25) is 0 Å². The molecule has 0 aromatic heterocycles. The smallest absolute Gasteiger partial charge is 0.243 e. The number of rotatable bonds is 10. The van der Waals surface area contributed by atoms with Crippen LogP contribution >= 0.6 is 0 Å². The molecule has 0 aliphatic heterocycles. The summed E-state index contributed by atoms with van der Waals surface area (Å²) >= 11 is 0. The molecule has 0 aliphatic carbocycles. The molecule has 0 bridgehead atoms. The Morgan fingerprint density at radius 2 is 1.10 bits per heavy atom. The second-order valence-corrected chi connectivity index (χ2v) is 4.62. The Labute approximate surface area is 125 Å². The van der Waals surface area contributed by atoms with Crippen LogP contribution in [-0.4, -0.2) is 37.4 Å². The van der Waals surface area contributed by atoms with Crippen molar-refractivity contribution in [2.75, 3.05) is 19.6 Å². The Bertz CT molecular complexity index is 370. The second-order valence-electron chi connectivity index (χ2n) is 4.62. The number of hydrogen-bond donors (Lipinski definition) is 3. The first-order chi connectivity index (χ1) is 9.92. The molecule has 0 atom stereocenters. The van der Waals surface area contributed by atoms with E-state index in [1.165, 1.54) is 18.2 Å². The molecule has 6 heteroatoms. The van der Waals surface area contributed by atoms with Crippen LogP contribution in [-0.2, 0) is 14.4 Å². The van der Waals surface area contributed by atoms with Crippen molar-refractivity contribution in [3.8, 4) is 0 Å². The van der Waals surface area contributed by atoms with Gasteiger partial charge in [0.05, 0.1) is 0 Å². The molecule has 0 spiro atoms. The van der Waals surface area contributed by atoms with Crippen molar-refractivity contribution >= 4 is 17.7 Å². The molecule has 3 amide bonds. The van der Waals surface area contributed by atoms with E-state index < -0.39 is 5.41 Å². The molecule has 0 heterocycles. The van der Waals surface area contributed by atoms with Gasteiger partial charge in [0.25, 0.3) is 0 Å². The molecule has 0 rings (SSSR count). The zero-order valence-corrected chi connectivity index (χ0v) is 12.4. The Morgan fingerprint density at radius 3 is 1.29 bits per heavy atom. The normalized spacial score (nSPS) is 10.1. The fraction of sp³-hybridized carbons (Fsp3) is 0.400. The number of amides is 3. The van der Waals surface area contributed by atoms with Crippen molar-refractivity contribution in [3.63, 3.8) is 0 Å². The van der Waals surface area contributed by atoms with E-state index in [1.807, 2.05) is 6.92 Å². The molecular weight excluding hydrogens is 270 g/mol. The largest absolute Gasteiger partial charge is 0.352 e. The first-order valence-corrected chi connectivity index (χ1v) is 6.64. The molecular formula is C15H23N3O3. The van der Waals surface area contributed by atoms with Gasteiger partial charge < -0.3 is 16.0 Å². The molecule has 21 heavy (non-hydrogen) atoms. The van der Waals surface area contributed by atoms with Crippen LogP contribution < -0.4 is 16.0 Å². The van der Waals surface area contributed by atoms with Gasteiger partial charge in [-0.2, -0.15) is 0 Å². The van der Waals surface area contributed by atoms with E-state index in [1.54, 1.807) is 0 Å². The summed E-state index contributed by atoms with van der Waals surface area (Å²) in [7, 11) is 0. The second kappa shape index (κ2) is 9.52. The van der Waals surface area contributed by atoms with Crippen molar-refractivity contribution in [2.24, 2.45) is 5.41 Å². The van der Waals surface area contributed by atoms with Crippen molar-refractivity contribution in [1.29, 1.82) is 0 Å². The fourth-order valence-electron chi connectivity index (χ4n) is 1.60. The summed E-state index contributed by atoms with van der Waals surface area (Å²) in [4.78, 5) is 34.0. The summed E-state index contributed by atoms with van der Waals surface area (Å²) in [5.41, 5.74) is -0.504. The van der Waals surface area contributed by atoms with E-state index in [0.29, 0.717) is 26.1 Å². The maximum atomic E-state index is 11.3. The minimum absolute atomic E-state index is 0.295. The van der Waals surface area contributed by atoms with Gasteiger partial charge in [-0.15, -0.1) is 0 Å². The zero-order chi connectivity index (χ0) is 16.3. The molecule has 6 nitrogen and oxygen atoms in total. The van der Waals surface area contributed by atoms with E-state index in [-0.39, 0.29) is 17.7 Å². The molecule has 0 aliphatic rings. The lowest BCUT2D eigenvalue weighted by atomic mass is 9.84. The SMILES string of the molecule is C=CC(=O)NCC(CC)(CNC(=O)C=C)CNC(=O)C=C. The maximum absolute atomic E-state index is 11.3. The third kappa shape index (κ3) is 7.10. The molecule has 3 N–H and O–H groups in total. The van der Waals surface area contributed by atoms with E-state index in [2.05, 4.69) is 35.7 Å². The predicted octanol–water partition coefficient (Wildman–Crippen LogP) is 0.289. The third-order valence-electron chi connectivity index (χ3n) is 3.22. The lowest BCUT2D eigenvalue weighted by molar-refractivity contribution is -0.117. The van der Waals surface area contributed by atoms with E-state index >= 15 is 0 Å². The van der Waals surface area contributed by atoms with Crippen LogP contribution in [0.5, 0.6) is 0 Å². The minimum Gasteiger partial charge on any atom is -0.352 e. The third-order valence-corrected chi connectivity index (χ3v) is 3.22. The first kappa shape index (κ1) is 18.6. The number of carbonyl (C=O) groups excluding carboxylic acids is 3. The van der Waals surface area contributed by atoms with Gasteiger partial charge >= 0.3 is 0 Å². The van der Waals surface area contributed by atoms with E-state index in [0.717, 1.165) is 0 Å². The highest BCUT2D eigenvalue weighted by molar-refractivity contribution is 5.88. The molecule has 0 radical (unpaired) electrons. The van der Waals surface area contributed by atoms with E-state index in [9.17, 15) is 14.4 Å². The van der Waals surface area contributed by atoms with Crippen molar-refractivity contribution in [3.05, 3.63) is 38.0 Å². The van der Waals surface area contributed by atoms with Crippen LogP contribution in [0.4, 0.5) is 0 Å². The van der Waals surface area contributed by atoms with Gasteiger partial charge in [0.2, 0.25) is 17.7 Å². The Balaban J connectivity index is 4.87. The van der Waals surface area contributed by atoms with Gasteiger partial charge in [-0.3, -0.25) is 14.4 Å². The Kier molecular flexibility index (Phi) is 8.45. The minimum atomic E-state index is -0.504. The first-order valence-electron chi connectivity index (χ1n) is 6.64. The summed E-state index contributed by atoms with van der Waals surface area (Å²) < 4.78 is 0. The molecule has 0 aromatic rings. The standard InChI is InChI=1S/C15H23N3O3/c1-5-12(19)16-9-15(8-4,10-17-13(20)6-2)11-18-14(21)7-3/h5-7H,1-3,8-11H2,4H3,(H,16,19)(H,17,20)(H,18,21). The van der Waals surface area contributed by atoms with Gasteiger partial charge in [0.15, 0.2) is 0 Å². The van der Waals surface area contributed by atoms with E-state index in [4.69, 9.17) is 0 Å². The lowest BCUT2D eigenvalue weighted by Gasteiger charge is -2.33. The molecule has 0 unspecified atom stereocenters. The van der Waals surface area contributed by atoms with Gasteiger partial charge in [-0.25, -0.2) is 0 Å². The monoisotopic (exact) mass is 293 g/mol. The molecule has 0 saturated heterocycles. The van der Waals surface area contributed by atoms with Crippen LogP contribution in [0.1, 0.15) is 13.3 Å². The lowest BCUT2D eigenvalue weighted by Crippen LogP contribution is -2.50. The quantitative estimate of drug-likeness (QED) is 0.506. The topological polar surface area (TPSA) is 87.3 Å². The summed E-state index contributed by atoms with van der Waals surface area (Å²) in [5, 5.41) is 8.09. The number of nitrogens with one attached hydrogen (secondary N) is 3. The number of hydrogen-bond acceptors (Lipinski definition) is 3. The van der Waals surface area contributed by atoms with Crippen LogP contribution in [0.3, 0.4) is 0 Å². The van der Waals surface area contributed by atoms with Gasteiger partial charge in [0.1, 0.15) is 0 Å². The highest BCUT2D eigenvalue weighted by Crippen LogP contribution is 2.19. The Morgan fingerprint density at radius 1 is 0.810 bits per heavy atom. The summed E-state index contributed by atoms with van der Waals surface area (Å²) in [5.74, 6) is -0.922. The fourth-order valence-corrected chi connectivity index (χ4v) is 1.60. The molecule has 0 aromatic carbocycles. The van der Waals surface area contributed by atoms with Crippen LogP contribution in [0.15, 0.2) is 38.0 Å². The summed E-state index contributed by atoms with van der Waals surface area (Å²) in [6.07, 6.45) is 4.15. The predicted molar refractivity (Wildman–Crippen MR) is 82.3 cm³/mol. The molecule has 0 saturated carbocycles. The summed E-state index contributed by atoms with van der Waals surface area (Å²) in [6.45, 7) is 13.0. The van der Waals surface area contributed by atoms with Crippen molar-refractivity contribution < 1.29 is 14.4 Å². The summed E-state index contributed by atoms with van der Waals surface area (Å²) in [6, 6.07) is 0. The zero-order valence-electron chi connectivity index (χ0n) is 12.4. The van der Waals surface area contributed by atoms with Crippen molar-refractivity contribution in [1.82, 2.24) is 16.0 Å². The van der Waals surface area contributed by atoms with Crippen molar-refractivity contribution in [2.45, 2.75) is 13.3 Å². The van der Waals surface area contributed by atoms with Gasteiger partial charge in [-0.05, 0) is 24.6 Å². The average Bonchev–Trinajstić information content (AvgIpc) is 2.53. The van der Waals surface area contributed by atoms with Gasteiger partial charge in [0, 0.05) is 25.0 Å². The number of carbonyl (C=O) groups is 3. The average molecular weight is 293 g/mol. The van der Waals surface area contributed by atoms with Gasteiger partial charge in [-0.1, -0.05) is 26.7 Å². The van der Waals surface area contributed by atoms with Crippen LogP contribution in [0, 0.1) is 5.41 Å².